The van der Waals surface area contributed by atoms with Gasteiger partial charge >= 0.3 is 5.91 Å². The molecule has 1 saturated heterocycles. The van der Waals surface area contributed by atoms with Crippen LogP contribution in [0, 0.1) is 6.92 Å². The van der Waals surface area contributed by atoms with Crippen molar-refractivity contribution in [1.29, 1.82) is 0 Å². The summed E-state index contributed by atoms with van der Waals surface area (Å²) in [4.78, 5) is 25.8. The number of nitrogens with one attached hydrogen (secondary N) is 2. The van der Waals surface area contributed by atoms with Crippen molar-refractivity contribution in [3.05, 3.63) is 101 Å². The van der Waals surface area contributed by atoms with Gasteiger partial charge in [-0.05, 0) is 50.2 Å². The van der Waals surface area contributed by atoms with E-state index in [-0.39, 0.29) is 11.8 Å². The lowest BCUT2D eigenvalue weighted by Gasteiger charge is -2.14. The monoisotopic (exact) mass is 428 g/mol. The van der Waals surface area contributed by atoms with E-state index in [2.05, 4.69) is 10.7 Å². The molecule has 2 N–H and O–H groups in total. The van der Waals surface area contributed by atoms with Gasteiger partial charge in [0.05, 0.1) is 6.61 Å². The maximum absolute atomic E-state index is 12.9. The standard InChI is InChI=1S/C26H25N3O3/c1-3-32-22-15-11-19(12-16-22)17-29-24(20-7-5-4-6-8-20)23(26(31)28-29)27-25(30)21-13-9-18(2)10-14-21/h4-17,23-24H,3H2,1-2H3,(H-,27,28,30,31)/p+1/b29-17-/t23-,24-/m0/s1. The molecule has 162 valence electrons. The Labute approximate surface area is 187 Å². The first-order chi connectivity index (χ1) is 15.5. The highest BCUT2D eigenvalue weighted by Gasteiger charge is 2.47. The second-order valence-corrected chi connectivity index (χ2v) is 7.69. The second-order valence-electron chi connectivity index (χ2n) is 7.69. The fourth-order valence-electron chi connectivity index (χ4n) is 3.74. The molecule has 1 fully saturated rings. The van der Waals surface area contributed by atoms with Gasteiger partial charge in [0, 0.05) is 16.7 Å². The first-order valence-electron chi connectivity index (χ1n) is 10.6. The molecule has 3 aromatic carbocycles. The number of benzene rings is 3. The van der Waals surface area contributed by atoms with E-state index >= 15 is 0 Å². The van der Waals surface area contributed by atoms with Crippen molar-refractivity contribution in [2.24, 2.45) is 0 Å². The molecule has 6 heteroatoms. The zero-order chi connectivity index (χ0) is 22.5. The molecule has 2 amide bonds. The van der Waals surface area contributed by atoms with Crippen molar-refractivity contribution >= 4 is 18.0 Å². The van der Waals surface area contributed by atoms with Crippen LogP contribution in [0.1, 0.15) is 40.0 Å². The maximum atomic E-state index is 12.9. The minimum Gasteiger partial charge on any atom is -0.494 e. The van der Waals surface area contributed by atoms with Crippen LogP contribution in [0.4, 0.5) is 0 Å². The molecule has 2 atom stereocenters. The van der Waals surface area contributed by atoms with E-state index in [4.69, 9.17) is 4.74 Å². The Kier molecular flexibility index (Phi) is 6.31. The first-order valence-corrected chi connectivity index (χ1v) is 10.6. The van der Waals surface area contributed by atoms with Gasteiger partial charge in [-0.15, -0.1) is 10.1 Å². The summed E-state index contributed by atoms with van der Waals surface area (Å²) in [5.41, 5.74) is 6.31. The largest absolute Gasteiger partial charge is 0.494 e. The Bertz CT molecular complexity index is 1120. The number of aryl methyl sites for hydroxylation is 1. The topological polar surface area (TPSA) is 70.4 Å². The SMILES string of the molecule is CCOc1ccc(/C=[N+]2\NC(=O)[C@@H](NC(=O)c3ccc(C)cc3)[C@@H]2c2ccccc2)cc1. The van der Waals surface area contributed by atoms with Crippen LogP contribution in [0.2, 0.25) is 0 Å². The lowest BCUT2D eigenvalue weighted by molar-refractivity contribution is -0.596. The number of carbonyl (C=O) groups is 2. The molecule has 1 aliphatic rings. The van der Waals surface area contributed by atoms with Crippen molar-refractivity contribution in [3.8, 4) is 5.75 Å². The summed E-state index contributed by atoms with van der Waals surface area (Å²) in [5, 5.41) is 2.92. The molecule has 32 heavy (non-hydrogen) atoms. The summed E-state index contributed by atoms with van der Waals surface area (Å²) in [7, 11) is 0. The third-order valence-corrected chi connectivity index (χ3v) is 5.36. The molecule has 1 heterocycles. The van der Waals surface area contributed by atoms with Crippen LogP contribution < -0.4 is 15.5 Å². The average Bonchev–Trinajstić information content (AvgIpc) is 3.10. The van der Waals surface area contributed by atoms with Crippen LogP contribution in [0.15, 0.2) is 78.9 Å². The van der Waals surface area contributed by atoms with Crippen LogP contribution in [-0.4, -0.2) is 35.4 Å². The molecule has 1 aliphatic heterocycles. The number of hydrogen-bond donors (Lipinski definition) is 2. The average molecular weight is 429 g/mol. The Morgan fingerprint density at radius 3 is 2.38 bits per heavy atom. The smallest absolute Gasteiger partial charge is 0.304 e. The van der Waals surface area contributed by atoms with Gasteiger partial charge in [0.25, 0.3) is 5.91 Å². The number of hydrogen-bond acceptors (Lipinski definition) is 3. The maximum Gasteiger partial charge on any atom is 0.304 e. The molecule has 0 aromatic heterocycles. The van der Waals surface area contributed by atoms with Crippen LogP contribution in [-0.2, 0) is 4.79 Å². The Morgan fingerprint density at radius 2 is 1.72 bits per heavy atom. The molecular weight excluding hydrogens is 402 g/mol. The normalized spacial score (nSPS) is 18.9. The molecule has 0 unspecified atom stereocenters. The first kappa shape index (κ1) is 21.3. The highest BCUT2D eigenvalue weighted by Crippen LogP contribution is 2.25. The summed E-state index contributed by atoms with van der Waals surface area (Å²) in [6.45, 7) is 4.51. The second kappa shape index (κ2) is 9.47. The summed E-state index contributed by atoms with van der Waals surface area (Å²) >= 11 is 0. The summed E-state index contributed by atoms with van der Waals surface area (Å²) in [6, 6.07) is 23.5. The van der Waals surface area contributed by atoms with Gasteiger partial charge in [-0.1, -0.05) is 48.0 Å². The number of ether oxygens (including phenoxy) is 1. The Hall–Kier alpha value is -3.93. The van der Waals surface area contributed by atoms with Crippen molar-refractivity contribution < 1.29 is 19.0 Å². The van der Waals surface area contributed by atoms with Gasteiger partial charge in [-0.2, -0.15) is 0 Å². The van der Waals surface area contributed by atoms with Gasteiger partial charge in [0.2, 0.25) is 12.3 Å². The van der Waals surface area contributed by atoms with E-state index in [1.165, 1.54) is 0 Å². The molecule has 0 saturated carbocycles. The number of rotatable bonds is 6. The van der Waals surface area contributed by atoms with Crippen molar-refractivity contribution in [2.75, 3.05) is 6.61 Å². The van der Waals surface area contributed by atoms with Crippen molar-refractivity contribution in [2.45, 2.75) is 25.9 Å². The van der Waals surface area contributed by atoms with E-state index in [0.29, 0.717) is 12.2 Å². The third kappa shape index (κ3) is 4.70. The summed E-state index contributed by atoms with van der Waals surface area (Å²) in [6.07, 6.45) is 1.86. The number of hydrazine groups is 1. The molecule has 0 spiro atoms. The minimum atomic E-state index is -0.745. The third-order valence-electron chi connectivity index (χ3n) is 5.36. The van der Waals surface area contributed by atoms with Gasteiger partial charge in [0.15, 0.2) is 6.04 Å². The van der Waals surface area contributed by atoms with E-state index in [9.17, 15) is 9.59 Å². The molecule has 6 nitrogen and oxygen atoms in total. The number of nitrogens with zero attached hydrogens (tertiary/aromatic N) is 1. The van der Waals surface area contributed by atoms with Gasteiger partial charge in [-0.25, -0.2) is 0 Å². The van der Waals surface area contributed by atoms with Gasteiger partial charge in [-0.3, -0.25) is 9.59 Å². The van der Waals surface area contributed by atoms with Crippen molar-refractivity contribution in [3.63, 3.8) is 0 Å². The van der Waals surface area contributed by atoms with Crippen LogP contribution in [0.5, 0.6) is 5.75 Å². The highest BCUT2D eigenvalue weighted by molar-refractivity contribution is 5.98. The lowest BCUT2D eigenvalue weighted by Crippen LogP contribution is -2.42. The fraction of sp³-hybridized carbons (Fsp3) is 0.192. The fourth-order valence-corrected chi connectivity index (χ4v) is 3.74. The molecule has 3 aromatic rings. The van der Waals surface area contributed by atoms with E-state index in [0.717, 1.165) is 22.4 Å². The zero-order valence-corrected chi connectivity index (χ0v) is 18.1. The van der Waals surface area contributed by atoms with Crippen molar-refractivity contribution in [1.82, 2.24) is 10.7 Å². The summed E-state index contributed by atoms with van der Waals surface area (Å²) < 4.78 is 7.26. The van der Waals surface area contributed by atoms with Gasteiger partial charge in [0.1, 0.15) is 5.75 Å². The Balaban J connectivity index is 1.64. The highest BCUT2D eigenvalue weighted by atomic mass is 16.5. The predicted molar refractivity (Wildman–Crippen MR) is 123 cm³/mol. The number of carbonyl (C=O) groups excluding carboxylic acids is 2. The Morgan fingerprint density at radius 1 is 1.03 bits per heavy atom. The number of amides is 2. The molecule has 0 radical (unpaired) electrons. The molecular formula is C26H26N3O3+. The quantitative estimate of drug-likeness (QED) is 0.591. The lowest BCUT2D eigenvalue weighted by atomic mass is 9.99. The zero-order valence-electron chi connectivity index (χ0n) is 18.1. The predicted octanol–water partition coefficient (Wildman–Crippen LogP) is 3.41. The molecule has 0 bridgehead atoms. The van der Waals surface area contributed by atoms with E-state index in [1.807, 2.05) is 86.8 Å². The summed E-state index contributed by atoms with van der Waals surface area (Å²) in [5.74, 6) is 0.244. The molecule has 4 rings (SSSR count). The van der Waals surface area contributed by atoms with E-state index in [1.54, 1.807) is 16.8 Å². The van der Waals surface area contributed by atoms with Crippen LogP contribution >= 0.6 is 0 Å². The van der Waals surface area contributed by atoms with Crippen LogP contribution in [0.3, 0.4) is 0 Å². The molecule has 0 aliphatic carbocycles. The number of hydrazone groups is 1. The van der Waals surface area contributed by atoms with E-state index < -0.39 is 12.1 Å². The minimum absolute atomic E-state index is 0.262. The van der Waals surface area contributed by atoms with Gasteiger partial charge < -0.3 is 10.1 Å². The van der Waals surface area contributed by atoms with Crippen LogP contribution in [0.25, 0.3) is 0 Å².